The van der Waals surface area contributed by atoms with Gasteiger partial charge < -0.3 is 24.1 Å². The molecule has 3 aromatic rings. The van der Waals surface area contributed by atoms with Crippen LogP contribution >= 0.6 is 11.5 Å². The highest BCUT2D eigenvalue weighted by Crippen LogP contribution is 2.45. The fourth-order valence-electron chi connectivity index (χ4n) is 5.23. The van der Waals surface area contributed by atoms with Crippen LogP contribution in [0.1, 0.15) is 55.0 Å². The van der Waals surface area contributed by atoms with Crippen molar-refractivity contribution in [1.82, 2.24) is 19.2 Å². The number of morpholine rings is 1. The van der Waals surface area contributed by atoms with Crippen LogP contribution in [0.15, 0.2) is 30.5 Å². The van der Waals surface area contributed by atoms with Crippen LogP contribution in [0.2, 0.25) is 0 Å². The predicted molar refractivity (Wildman–Crippen MR) is 151 cm³/mol. The molecule has 42 heavy (non-hydrogen) atoms. The van der Waals surface area contributed by atoms with E-state index in [1.807, 2.05) is 13.8 Å². The van der Waals surface area contributed by atoms with Crippen molar-refractivity contribution in [3.63, 3.8) is 0 Å². The second-order valence-electron chi connectivity index (χ2n) is 11.2. The van der Waals surface area contributed by atoms with Gasteiger partial charge in [-0.25, -0.2) is 4.79 Å². The van der Waals surface area contributed by atoms with E-state index in [9.17, 15) is 22.8 Å². The van der Waals surface area contributed by atoms with Gasteiger partial charge in [0.1, 0.15) is 12.4 Å². The number of H-pyrrole nitrogens is 1. The van der Waals surface area contributed by atoms with Crippen LogP contribution in [0.5, 0.6) is 5.75 Å². The highest BCUT2D eigenvalue weighted by Gasteiger charge is 2.43. The molecule has 0 radical (unpaired) electrons. The lowest BCUT2D eigenvalue weighted by Gasteiger charge is -2.29. The highest BCUT2D eigenvalue weighted by molar-refractivity contribution is 7.13. The normalized spacial score (nSPS) is 17.6. The van der Waals surface area contributed by atoms with E-state index in [0.29, 0.717) is 41.4 Å². The third kappa shape index (κ3) is 6.18. The Labute approximate surface area is 245 Å². The summed E-state index contributed by atoms with van der Waals surface area (Å²) in [5.74, 6) is -0.503. The number of halogens is 3. The van der Waals surface area contributed by atoms with E-state index in [4.69, 9.17) is 14.2 Å². The SMILES string of the molecule is CC(C)OC(=O)C1=CN(C(=O)c2ccc(OCCN3CCOCC3)cc2)CC(C)(C)c2c1[nH]c1c(C(F)(F)F)nsc21. The molecule has 1 fully saturated rings. The van der Waals surface area contributed by atoms with Crippen LogP contribution in [0.3, 0.4) is 0 Å². The van der Waals surface area contributed by atoms with Crippen LogP contribution < -0.4 is 4.74 Å². The first kappa shape index (κ1) is 30.1. The third-order valence-electron chi connectivity index (χ3n) is 7.19. The van der Waals surface area contributed by atoms with Gasteiger partial charge in [0.25, 0.3) is 5.91 Å². The number of carbonyl (C=O) groups is 2. The fourth-order valence-corrected chi connectivity index (χ4v) is 6.32. The molecule has 1 amide bonds. The van der Waals surface area contributed by atoms with Gasteiger partial charge in [0.15, 0.2) is 5.69 Å². The molecule has 1 aromatic carbocycles. The predicted octanol–water partition coefficient (Wildman–Crippen LogP) is 5.08. The highest BCUT2D eigenvalue weighted by atomic mass is 32.1. The summed E-state index contributed by atoms with van der Waals surface area (Å²) < 4.78 is 61.7. The number of esters is 1. The number of nitrogens with one attached hydrogen (secondary N) is 1. The van der Waals surface area contributed by atoms with Crippen molar-refractivity contribution < 1.29 is 37.0 Å². The third-order valence-corrected chi connectivity index (χ3v) is 8.05. The molecule has 1 saturated heterocycles. The molecule has 0 unspecified atom stereocenters. The molecular formula is C29H33F3N4O5S. The Kier molecular flexibility index (Phi) is 8.37. The largest absolute Gasteiger partial charge is 0.492 e. The number of alkyl halides is 3. The number of amides is 1. The number of carbonyl (C=O) groups excluding carboxylic acids is 2. The van der Waals surface area contributed by atoms with Crippen LogP contribution in [-0.4, -0.2) is 83.1 Å². The minimum atomic E-state index is -4.67. The number of aromatic nitrogens is 2. The molecule has 0 spiro atoms. The lowest BCUT2D eigenvalue weighted by Crippen LogP contribution is -2.38. The number of rotatable bonds is 7. The van der Waals surface area contributed by atoms with Gasteiger partial charge in [-0.2, -0.15) is 17.5 Å². The minimum absolute atomic E-state index is 0.0304. The molecule has 13 heteroatoms. The van der Waals surface area contributed by atoms with E-state index in [0.717, 1.165) is 31.2 Å². The Morgan fingerprint density at radius 3 is 2.50 bits per heavy atom. The summed E-state index contributed by atoms with van der Waals surface area (Å²) in [6.45, 7) is 11.5. The lowest BCUT2D eigenvalue weighted by atomic mass is 9.83. The standard InChI is InChI=1S/C29H33F3N4O5S/c1-17(2)41-27(38)20-15-36(16-28(3,4)21-22(20)33-23-24(21)42-34-25(23)29(30,31)32)26(37)18-5-7-19(8-6-18)40-14-11-35-9-12-39-13-10-35/h5-8,15,17,33H,9-14,16H2,1-4H3. The van der Waals surface area contributed by atoms with Gasteiger partial charge in [0.05, 0.1) is 40.8 Å². The number of fused-ring (bicyclic) bond motifs is 3. The maximum absolute atomic E-state index is 13.7. The van der Waals surface area contributed by atoms with Crippen LogP contribution in [0.25, 0.3) is 15.8 Å². The zero-order chi connectivity index (χ0) is 30.2. The first-order valence-electron chi connectivity index (χ1n) is 13.7. The monoisotopic (exact) mass is 606 g/mol. The Hall–Kier alpha value is -3.42. The van der Waals surface area contributed by atoms with Crippen LogP contribution in [0, 0.1) is 0 Å². The lowest BCUT2D eigenvalue weighted by molar-refractivity contribution is -0.140. The van der Waals surface area contributed by atoms with Crippen molar-refractivity contribution >= 4 is 39.2 Å². The maximum Gasteiger partial charge on any atom is 0.436 e. The topological polar surface area (TPSA) is 97.0 Å². The van der Waals surface area contributed by atoms with E-state index >= 15 is 0 Å². The average molecular weight is 607 g/mol. The minimum Gasteiger partial charge on any atom is -0.492 e. The number of hydrogen-bond acceptors (Lipinski definition) is 8. The first-order chi connectivity index (χ1) is 19.8. The number of aromatic amines is 1. The summed E-state index contributed by atoms with van der Waals surface area (Å²) in [6.07, 6.45) is -3.79. The van der Waals surface area contributed by atoms with Crippen molar-refractivity contribution in [2.75, 3.05) is 46.0 Å². The second-order valence-corrected chi connectivity index (χ2v) is 12.0. The molecular weight excluding hydrogens is 573 g/mol. The molecule has 0 aliphatic carbocycles. The molecule has 1 N–H and O–H groups in total. The van der Waals surface area contributed by atoms with Crippen LogP contribution in [-0.2, 0) is 25.9 Å². The van der Waals surface area contributed by atoms with Crippen LogP contribution in [0.4, 0.5) is 13.2 Å². The summed E-state index contributed by atoms with van der Waals surface area (Å²) >= 11 is 0.717. The van der Waals surface area contributed by atoms with Gasteiger partial charge >= 0.3 is 12.1 Å². The van der Waals surface area contributed by atoms with E-state index in [1.54, 1.807) is 38.1 Å². The van der Waals surface area contributed by atoms with E-state index in [1.165, 1.54) is 11.1 Å². The maximum atomic E-state index is 13.7. The van der Waals surface area contributed by atoms with Gasteiger partial charge in [0.2, 0.25) is 0 Å². The van der Waals surface area contributed by atoms with Crippen molar-refractivity contribution in [2.24, 2.45) is 0 Å². The number of hydrogen-bond donors (Lipinski definition) is 1. The van der Waals surface area contributed by atoms with E-state index < -0.39 is 29.4 Å². The first-order valence-corrected chi connectivity index (χ1v) is 14.5. The van der Waals surface area contributed by atoms with Crippen molar-refractivity contribution in [2.45, 2.75) is 45.4 Å². The Morgan fingerprint density at radius 2 is 1.86 bits per heavy atom. The molecule has 4 heterocycles. The smallest absolute Gasteiger partial charge is 0.436 e. The zero-order valence-electron chi connectivity index (χ0n) is 23.8. The molecule has 226 valence electrons. The summed E-state index contributed by atoms with van der Waals surface area (Å²) in [5.41, 5.74) is -1.06. The number of ether oxygens (including phenoxy) is 3. The Morgan fingerprint density at radius 1 is 1.17 bits per heavy atom. The molecule has 2 aliphatic rings. The van der Waals surface area contributed by atoms with Gasteiger partial charge in [-0.3, -0.25) is 9.69 Å². The van der Waals surface area contributed by atoms with Gasteiger partial charge in [-0.05, 0) is 49.6 Å². The Bertz CT molecular complexity index is 1490. The molecule has 9 nitrogen and oxygen atoms in total. The zero-order valence-corrected chi connectivity index (χ0v) is 24.7. The number of nitrogens with zero attached hydrogens (tertiary/aromatic N) is 3. The molecule has 0 atom stereocenters. The van der Waals surface area contributed by atoms with Gasteiger partial charge in [0, 0.05) is 48.9 Å². The number of benzene rings is 1. The molecule has 0 bridgehead atoms. The molecule has 0 saturated carbocycles. The molecule has 2 aromatic heterocycles. The second kappa shape index (κ2) is 11.7. The fraction of sp³-hybridized carbons (Fsp3) is 0.483. The van der Waals surface area contributed by atoms with Crippen molar-refractivity contribution in [1.29, 1.82) is 0 Å². The van der Waals surface area contributed by atoms with E-state index in [-0.39, 0.29) is 29.2 Å². The summed E-state index contributed by atoms with van der Waals surface area (Å²) in [5, 5.41) is 0. The molecule has 5 rings (SSSR count). The van der Waals surface area contributed by atoms with Crippen molar-refractivity contribution in [3.05, 3.63) is 53.0 Å². The summed E-state index contributed by atoms with van der Waals surface area (Å²) in [4.78, 5) is 33.5. The van der Waals surface area contributed by atoms with Gasteiger partial charge in [-0.1, -0.05) is 13.8 Å². The quantitative estimate of drug-likeness (QED) is 0.375. The molecule has 2 aliphatic heterocycles. The summed E-state index contributed by atoms with van der Waals surface area (Å²) in [7, 11) is 0. The van der Waals surface area contributed by atoms with Gasteiger partial charge in [-0.15, -0.1) is 0 Å². The van der Waals surface area contributed by atoms with Crippen molar-refractivity contribution in [3.8, 4) is 5.75 Å². The van der Waals surface area contributed by atoms with E-state index in [2.05, 4.69) is 14.3 Å². The summed E-state index contributed by atoms with van der Waals surface area (Å²) in [6, 6.07) is 6.74. The average Bonchev–Trinajstić information content (AvgIpc) is 3.47. The Balaban J connectivity index is 1.43.